The smallest absolute Gasteiger partial charge is 0.246 e. The Morgan fingerprint density at radius 1 is 1.55 bits per heavy atom. The highest BCUT2D eigenvalue weighted by Gasteiger charge is 2.28. The molecule has 1 aliphatic rings. The van der Waals surface area contributed by atoms with Crippen LogP contribution < -0.4 is 4.74 Å². The summed E-state index contributed by atoms with van der Waals surface area (Å²) in [4.78, 5) is 13.9. The van der Waals surface area contributed by atoms with E-state index in [1.165, 1.54) is 12.1 Å². The van der Waals surface area contributed by atoms with Crippen LogP contribution in [0.4, 0.5) is 4.39 Å². The van der Waals surface area contributed by atoms with Crippen molar-refractivity contribution in [3.63, 3.8) is 0 Å². The molecule has 1 atom stereocenters. The average Bonchev–Trinajstić information content (AvgIpc) is 3.15. The second kappa shape index (κ2) is 6.58. The molecule has 5 nitrogen and oxygen atoms in total. The molecule has 0 bridgehead atoms. The SMILES string of the molecule is O=C(Cc1c(F)cccc1Cl)N1CCC(Oc2cnsn2)C1. The third-order valence-electron chi connectivity index (χ3n) is 3.52. The quantitative estimate of drug-likeness (QED) is 0.857. The van der Waals surface area contributed by atoms with Gasteiger partial charge in [0.05, 0.1) is 24.7 Å². The van der Waals surface area contributed by atoms with Crippen molar-refractivity contribution in [1.29, 1.82) is 0 Å². The Kier molecular flexibility index (Phi) is 4.54. The predicted molar refractivity (Wildman–Crippen MR) is 80.6 cm³/mol. The van der Waals surface area contributed by atoms with Crippen molar-refractivity contribution in [3.8, 4) is 5.88 Å². The number of benzene rings is 1. The first kappa shape index (κ1) is 15.2. The van der Waals surface area contributed by atoms with Gasteiger partial charge in [-0.05, 0) is 12.1 Å². The van der Waals surface area contributed by atoms with Gasteiger partial charge in [0.15, 0.2) is 0 Å². The maximum absolute atomic E-state index is 13.7. The lowest BCUT2D eigenvalue weighted by atomic mass is 10.1. The first-order valence-electron chi connectivity index (χ1n) is 6.78. The Morgan fingerprint density at radius 3 is 3.14 bits per heavy atom. The monoisotopic (exact) mass is 341 g/mol. The Bertz CT molecular complexity index is 648. The van der Waals surface area contributed by atoms with E-state index in [2.05, 4.69) is 8.75 Å². The fourth-order valence-corrected chi connectivity index (χ4v) is 2.98. The van der Waals surface area contributed by atoms with Crippen molar-refractivity contribution < 1.29 is 13.9 Å². The average molecular weight is 342 g/mol. The molecule has 1 amide bonds. The molecule has 0 N–H and O–H groups in total. The zero-order chi connectivity index (χ0) is 15.5. The number of carbonyl (C=O) groups excluding carboxylic acids is 1. The molecule has 3 rings (SSSR count). The lowest BCUT2D eigenvalue weighted by Gasteiger charge is -2.17. The Balaban J connectivity index is 1.60. The van der Waals surface area contributed by atoms with Crippen molar-refractivity contribution in [3.05, 3.63) is 40.8 Å². The fourth-order valence-electron chi connectivity index (χ4n) is 2.39. The summed E-state index contributed by atoms with van der Waals surface area (Å²) in [5, 5.41) is 0.272. The van der Waals surface area contributed by atoms with E-state index in [-0.39, 0.29) is 29.0 Å². The van der Waals surface area contributed by atoms with Crippen LogP contribution in [0.25, 0.3) is 0 Å². The van der Waals surface area contributed by atoms with Crippen molar-refractivity contribution in [2.45, 2.75) is 18.9 Å². The maximum Gasteiger partial charge on any atom is 0.246 e. The van der Waals surface area contributed by atoms with Crippen LogP contribution >= 0.6 is 23.3 Å². The lowest BCUT2D eigenvalue weighted by Crippen LogP contribution is -2.32. The fraction of sp³-hybridized carbons (Fsp3) is 0.357. The Labute approximate surface area is 136 Å². The molecular weight excluding hydrogens is 329 g/mol. The van der Waals surface area contributed by atoms with Gasteiger partial charge in [-0.1, -0.05) is 17.7 Å². The number of nitrogens with zero attached hydrogens (tertiary/aromatic N) is 3. The Hall–Kier alpha value is -1.73. The van der Waals surface area contributed by atoms with Gasteiger partial charge in [0.25, 0.3) is 0 Å². The molecule has 1 aromatic carbocycles. The van der Waals surface area contributed by atoms with Crippen LogP contribution in [0.3, 0.4) is 0 Å². The lowest BCUT2D eigenvalue weighted by molar-refractivity contribution is -0.129. The molecule has 1 aromatic heterocycles. The number of likely N-dealkylation sites (tertiary alicyclic amines) is 1. The van der Waals surface area contributed by atoms with Crippen LogP contribution in [0.5, 0.6) is 5.88 Å². The largest absolute Gasteiger partial charge is 0.471 e. The highest BCUT2D eigenvalue weighted by Crippen LogP contribution is 2.22. The van der Waals surface area contributed by atoms with Crippen molar-refractivity contribution in [2.24, 2.45) is 0 Å². The van der Waals surface area contributed by atoms with Gasteiger partial charge in [0.1, 0.15) is 18.1 Å². The molecule has 1 saturated heterocycles. The molecule has 0 radical (unpaired) electrons. The van der Waals surface area contributed by atoms with Crippen LogP contribution in [-0.2, 0) is 11.2 Å². The molecule has 8 heteroatoms. The first-order valence-corrected chi connectivity index (χ1v) is 7.89. The van der Waals surface area contributed by atoms with Crippen LogP contribution in [0.1, 0.15) is 12.0 Å². The summed E-state index contributed by atoms with van der Waals surface area (Å²) < 4.78 is 27.2. The summed E-state index contributed by atoms with van der Waals surface area (Å²) in [6.45, 7) is 1.04. The molecule has 0 saturated carbocycles. The molecule has 1 aliphatic heterocycles. The van der Waals surface area contributed by atoms with Crippen molar-refractivity contribution in [1.82, 2.24) is 13.6 Å². The van der Waals surface area contributed by atoms with E-state index in [0.717, 1.165) is 11.7 Å². The van der Waals surface area contributed by atoms with E-state index in [4.69, 9.17) is 16.3 Å². The molecule has 0 aliphatic carbocycles. The standard InChI is InChI=1S/C14H13ClFN3O2S/c15-11-2-1-3-12(16)10(11)6-14(20)19-5-4-9(8-19)21-13-7-17-22-18-13/h1-3,7,9H,4-6,8H2. The predicted octanol–water partition coefficient (Wildman–Crippen LogP) is 2.55. The minimum absolute atomic E-state index is 0.0452. The third kappa shape index (κ3) is 3.36. The van der Waals surface area contributed by atoms with E-state index in [1.54, 1.807) is 17.2 Å². The summed E-state index contributed by atoms with van der Waals surface area (Å²) in [6.07, 6.45) is 2.11. The molecule has 2 heterocycles. The maximum atomic E-state index is 13.7. The van der Waals surface area contributed by atoms with Crippen LogP contribution in [0.15, 0.2) is 24.4 Å². The minimum Gasteiger partial charge on any atom is -0.471 e. The normalized spacial score (nSPS) is 17.7. The van der Waals surface area contributed by atoms with Gasteiger partial charge in [-0.2, -0.15) is 4.37 Å². The van der Waals surface area contributed by atoms with Crippen LogP contribution in [-0.4, -0.2) is 38.7 Å². The molecule has 1 fully saturated rings. The number of rotatable bonds is 4. The Morgan fingerprint density at radius 2 is 2.41 bits per heavy atom. The van der Waals surface area contributed by atoms with E-state index >= 15 is 0 Å². The molecular formula is C14H13ClFN3O2S. The second-order valence-corrected chi connectivity index (χ2v) is 5.95. The van der Waals surface area contributed by atoms with E-state index < -0.39 is 5.82 Å². The van der Waals surface area contributed by atoms with Gasteiger partial charge in [0, 0.05) is 23.6 Å². The van der Waals surface area contributed by atoms with Gasteiger partial charge in [-0.15, -0.1) is 4.37 Å². The van der Waals surface area contributed by atoms with Gasteiger partial charge in [-0.25, -0.2) is 4.39 Å². The van der Waals surface area contributed by atoms with E-state index in [0.29, 0.717) is 25.4 Å². The minimum atomic E-state index is -0.457. The summed E-state index contributed by atoms with van der Waals surface area (Å²) in [5.41, 5.74) is 0.238. The number of amides is 1. The van der Waals surface area contributed by atoms with Crippen molar-refractivity contribution >= 4 is 29.2 Å². The highest BCUT2D eigenvalue weighted by molar-refractivity contribution is 6.99. The number of ether oxygens (including phenoxy) is 1. The summed E-state index contributed by atoms with van der Waals surface area (Å²) in [7, 11) is 0. The molecule has 1 unspecified atom stereocenters. The van der Waals surface area contributed by atoms with Gasteiger partial charge in [0.2, 0.25) is 11.8 Å². The number of carbonyl (C=O) groups is 1. The number of halogens is 2. The van der Waals surface area contributed by atoms with E-state index in [1.807, 2.05) is 0 Å². The number of hydrogen-bond acceptors (Lipinski definition) is 5. The summed E-state index contributed by atoms with van der Waals surface area (Å²) >= 11 is 7.03. The van der Waals surface area contributed by atoms with E-state index in [9.17, 15) is 9.18 Å². The first-order chi connectivity index (χ1) is 10.6. The number of aromatic nitrogens is 2. The summed E-state index contributed by atoms with van der Waals surface area (Å²) in [5.74, 6) is -0.141. The molecule has 0 spiro atoms. The molecule has 116 valence electrons. The highest BCUT2D eigenvalue weighted by atomic mass is 35.5. The summed E-state index contributed by atoms with van der Waals surface area (Å²) in [6, 6.07) is 4.41. The number of hydrogen-bond donors (Lipinski definition) is 0. The molecule has 22 heavy (non-hydrogen) atoms. The van der Waals surface area contributed by atoms with Gasteiger partial charge < -0.3 is 9.64 Å². The van der Waals surface area contributed by atoms with Gasteiger partial charge in [-0.3, -0.25) is 4.79 Å². The zero-order valence-electron chi connectivity index (χ0n) is 11.5. The molecule has 2 aromatic rings. The zero-order valence-corrected chi connectivity index (χ0v) is 13.1. The third-order valence-corrected chi connectivity index (χ3v) is 4.33. The second-order valence-electron chi connectivity index (χ2n) is 4.99. The van der Waals surface area contributed by atoms with Crippen LogP contribution in [0, 0.1) is 5.82 Å². The van der Waals surface area contributed by atoms with Gasteiger partial charge >= 0.3 is 0 Å². The van der Waals surface area contributed by atoms with Crippen molar-refractivity contribution in [2.75, 3.05) is 13.1 Å². The topological polar surface area (TPSA) is 55.3 Å². The van der Waals surface area contributed by atoms with Crippen LogP contribution in [0.2, 0.25) is 5.02 Å².